The van der Waals surface area contributed by atoms with Gasteiger partial charge in [0.25, 0.3) is 0 Å². The van der Waals surface area contributed by atoms with E-state index in [1.165, 1.54) is 0 Å². The maximum absolute atomic E-state index is 5.87. The molecule has 0 spiro atoms. The predicted octanol–water partition coefficient (Wildman–Crippen LogP) is 3.71. The third-order valence-corrected chi connectivity index (χ3v) is 3.42. The Hall–Kier alpha value is -1.39. The summed E-state index contributed by atoms with van der Waals surface area (Å²) in [5.41, 5.74) is 0.916. The molecule has 0 aliphatic carbocycles. The molecule has 2 rings (SSSR count). The first-order valence-corrected chi connectivity index (χ1v) is 7.42. The zero-order valence-electron chi connectivity index (χ0n) is 11.9. The Morgan fingerprint density at radius 3 is 2.65 bits per heavy atom. The van der Waals surface area contributed by atoms with Crippen LogP contribution in [0.1, 0.15) is 32.6 Å². The molecule has 0 aliphatic heterocycles. The average Bonchev–Trinajstić information content (AvgIpc) is 2.92. The van der Waals surface area contributed by atoms with E-state index in [0.29, 0.717) is 22.8 Å². The van der Waals surface area contributed by atoms with Crippen molar-refractivity contribution in [2.45, 2.75) is 39.2 Å². The second-order valence-corrected chi connectivity index (χ2v) is 5.22. The van der Waals surface area contributed by atoms with Crippen molar-refractivity contribution in [3.63, 3.8) is 0 Å². The van der Waals surface area contributed by atoms with Crippen LogP contribution >= 0.6 is 11.6 Å². The SMILES string of the molecule is CCCNC(CC)Cc1nc(-c2ccc(Cl)cc2)no1. The zero-order chi connectivity index (χ0) is 14.4. The molecule has 1 heterocycles. The van der Waals surface area contributed by atoms with Gasteiger partial charge in [-0.3, -0.25) is 0 Å². The highest BCUT2D eigenvalue weighted by atomic mass is 35.5. The number of aromatic nitrogens is 2. The molecular weight excluding hydrogens is 274 g/mol. The van der Waals surface area contributed by atoms with Gasteiger partial charge in [0.2, 0.25) is 11.7 Å². The summed E-state index contributed by atoms with van der Waals surface area (Å²) in [7, 11) is 0. The van der Waals surface area contributed by atoms with Crippen molar-refractivity contribution in [3.8, 4) is 11.4 Å². The lowest BCUT2D eigenvalue weighted by molar-refractivity contribution is 0.354. The third-order valence-electron chi connectivity index (χ3n) is 3.17. The van der Waals surface area contributed by atoms with Crippen LogP contribution in [0, 0.1) is 0 Å². The summed E-state index contributed by atoms with van der Waals surface area (Å²) in [5, 5.41) is 8.21. The van der Waals surface area contributed by atoms with Crippen molar-refractivity contribution >= 4 is 11.6 Å². The summed E-state index contributed by atoms with van der Waals surface area (Å²) in [6, 6.07) is 7.82. The van der Waals surface area contributed by atoms with Crippen LogP contribution in [-0.4, -0.2) is 22.7 Å². The zero-order valence-corrected chi connectivity index (χ0v) is 12.7. The standard InChI is InChI=1S/C15H20ClN3O/c1-3-9-17-13(4-2)10-14-18-15(19-20-14)11-5-7-12(16)8-6-11/h5-8,13,17H,3-4,9-10H2,1-2H3. The molecule has 0 fully saturated rings. The number of nitrogens with zero attached hydrogens (tertiary/aromatic N) is 2. The Labute approximate surface area is 124 Å². The van der Waals surface area contributed by atoms with Gasteiger partial charge in [0.1, 0.15) is 0 Å². The number of hydrogen-bond acceptors (Lipinski definition) is 4. The summed E-state index contributed by atoms with van der Waals surface area (Å²) in [5.74, 6) is 1.28. The van der Waals surface area contributed by atoms with Crippen molar-refractivity contribution in [3.05, 3.63) is 35.2 Å². The molecule has 1 unspecified atom stereocenters. The first-order valence-electron chi connectivity index (χ1n) is 7.04. The normalized spacial score (nSPS) is 12.6. The molecule has 0 saturated heterocycles. The molecule has 5 heteroatoms. The van der Waals surface area contributed by atoms with Crippen LogP contribution in [0.3, 0.4) is 0 Å². The molecule has 4 nitrogen and oxygen atoms in total. The quantitative estimate of drug-likeness (QED) is 0.845. The average molecular weight is 294 g/mol. The summed E-state index contributed by atoms with van der Waals surface area (Å²) >= 11 is 5.87. The molecule has 1 aromatic heterocycles. The van der Waals surface area contributed by atoms with Crippen molar-refractivity contribution in [1.29, 1.82) is 0 Å². The van der Waals surface area contributed by atoms with Crippen molar-refractivity contribution in [2.75, 3.05) is 6.54 Å². The number of halogens is 1. The molecule has 1 aromatic carbocycles. The predicted molar refractivity (Wildman–Crippen MR) is 80.8 cm³/mol. The van der Waals surface area contributed by atoms with Crippen LogP contribution in [0.2, 0.25) is 5.02 Å². The summed E-state index contributed by atoms with van der Waals surface area (Å²) < 4.78 is 5.33. The van der Waals surface area contributed by atoms with Crippen molar-refractivity contribution in [1.82, 2.24) is 15.5 Å². The smallest absolute Gasteiger partial charge is 0.228 e. The van der Waals surface area contributed by atoms with E-state index in [9.17, 15) is 0 Å². The van der Waals surface area contributed by atoms with Gasteiger partial charge in [-0.2, -0.15) is 4.98 Å². The Morgan fingerprint density at radius 2 is 2.00 bits per heavy atom. The molecular formula is C15H20ClN3O. The molecule has 1 atom stereocenters. The number of benzene rings is 1. The molecule has 0 aliphatic rings. The van der Waals surface area contributed by atoms with E-state index < -0.39 is 0 Å². The first-order chi connectivity index (χ1) is 9.72. The maximum Gasteiger partial charge on any atom is 0.228 e. The molecule has 0 radical (unpaired) electrons. The van der Waals surface area contributed by atoms with E-state index in [1.807, 2.05) is 24.3 Å². The molecule has 0 saturated carbocycles. The van der Waals surface area contributed by atoms with Crippen LogP contribution in [0.25, 0.3) is 11.4 Å². The third kappa shape index (κ3) is 4.05. The second kappa shape index (κ2) is 7.41. The summed E-state index contributed by atoms with van der Waals surface area (Å²) in [4.78, 5) is 4.45. The van der Waals surface area contributed by atoms with Crippen molar-refractivity contribution in [2.24, 2.45) is 0 Å². The second-order valence-electron chi connectivity index (χ2n) is 4.78. The fraction of sp³-hybridized carbons (Fsp3) is 0.467. The molecule has 1 N–H and O–H groups in total. The minimum absolute atomic E-state index is 0.383. The van der Waals surface area contributed by atoms with Crippen LogP contribution in [0.15, 0.2) is 28.8 Å². The number of rotatable bonds is 7. The van der Waals surface area contributed by atoms with E-state index in [-0.39, 0.29) is 0 Å². The highest BCUT2D eigenvalue weighted by Gasteiger charge is 2.13. The van der Waals surface area contributed by atoms with Gasteiger partial charge in [-0.1, -0.05) is 30.6 Å². The van der Waals surface area contributed by atoms with Gasteiger partial charge in [0.15, 0.2) is 0 Å². The molecule has 0 amide bonds. The fourth-order valence-corrected chi connectivity index (χ4v) is 2.10. The highest BCUT2D eigenvalue weighted by Crippen LogP contribution is 2.19. The van der Waals surface area contributed by atoms with Gasteiger partial charge in [-0.05, 0) is 43.7 Å². The molecule has 0 bridgehead atoms. The van der Waals surface area contributed by atoms with E-state index in [2.05, 4.69) is 29.3 Å². The van der Waals surface area contributed by atoms with Crippen LogP contribution < -0.4 is 5.32 Å². The Kier molecular flexibility index (Phi) is 5.56. The minimum Gasteiger partial charge on any atom is -0.339 e. The van der Waals surface area contributed by atoms with E-state index in [4.69, 9.17) is 16.1 Å². The van der Waals surface area contributed by atoms with Gasteiger partial charge in [-0.25, -0.2) is 0 Å². The minimum atomic E-state index is 0.383. The lowest BCUT2D eigenvalue weighted by atomic mass is 10.1. The van der Waals surface area contributed by atoms with E-state index in [0.717, 1.165) is 31.4 Å². The maximum atomic E-state index is 5.87. The van der Waals surface area contributed by atoms with Gasteiger partial charge >= 0.3 is 0 Å². The largest absolute Gasteiger partial charge is 0.339 e. The van der Waals surface area contributed by atoms with Crippen molar-refractivity contribution < 1.29 is 4.52 Å². The Morgan fingerprint density at radius 1 is 1.25 bits per heavy atom. The topological polar surface area (TPSA) is 51.0 Å². The van der Waals surface area contributed by atoms with Crippen LogP contribution in [-0.2, 0) is 6.42 Å². The van der Waals surface area contributed by atoms with Gasteiger partial charge in [-0.15, -0.1) is 0 Å². The Bertz CT molecular complexity index is 524. The van der Waals surface area contributed by atoms with E-state index >= 15 is 0 Å². The van der Waals surface area contributed by atoms with Gasteiger partial charge < -0.3 is 9.84 Å². The van der Waals surface area contributed by atoms with Crippen LogP contribution in [0.4, 0.5) is 0 Å². The number of hydrogen-bond donors (Lipinski definition) is 1. The molecule has 20 heavy (non-hydrogen) atoms. The van der Waals surface area contributed by atoms with Crippen LogP contribution in [0.5, 0.6) is 0 Å². The monoisotopic (exact) mass is 293 g/mol. The molecule has 2 aromatic rings. The van der Waals surface area contributed by atoms with Gasteiger partial charge in [0, 0.05) is 23.0 Å². The fourth-order valence-electron chi connectivity index (χ4n) is 1.97. The lowest BCUT2D eigenvalue weighted by Crippen LogP contribution is -2.31. The first kappa shape index (κ1) is 15.0. The Balaban J connectivity index is 2.02. The molecule has 108 valence electrons. The van der Waals surface area contributed by atoms with E-state index in [1.54, 1.807) is 0 Å². The lowest BCUT2D eigenvalue weighted by Gasteiger charge is -2.13. The number of nitrogens with one attached hydrogen (secondary N) is 1. The van der Waals surface area contributed by atoms with Gasteiger partial charge in [0.05, 0.1) is 0 Å². The summed E-state index contributed by atoms with van der Waals surface area (Å²) in [6.45, 7) is 5.32. The summed E-state index contributed by atoms with van der Waals surface area (Å²) in [6.07, 6.45) is 2.92. The highest BCUT2D eigenvalue weighted by molar-refractivity contribution is 6.30.